The van der Waals surface area contributed by atoms with Crippen molar-refractivity contribution in [3.8, 4) is 5.75 Å². The van der Waals surface area contributed by atoms with Crippen molar-refractivity contribution in [1.29, 1.82) is 0 Å². The van der Waals surface area contributed by atoms with E-state index >= 15 is 0 Å². The lowest BCUT2D eigenvalue weighted by Crippen LogP contribution is -2.45. The minimum Gasteiger partial charge on any atom is -0.404 e. The maximum Gasteiger partial charge on any atom is 0.573 e. The van der Waals surface area contributed by atoms with Crippen LogP contribution in [-0.2, 0) is 10.0 Å². The molecule has 0 radical (unpaired) electrons. The quantitative estimate of drug-likeness (QED) is 0.865. The van der Waals surface area contributed by atoms with Crippen LogP contribution in [0.2, 0.25) is 0 Å². The van der Waals surface area contributed by atoms with Crippen molar-refractivity contribution in [2.75, 3.05) is 6.54 Å². The fourth-order valence-electron chi connectivity index (χ4n) is 1.24. The summed E-state index contributed by atoms with van der Waals surface area (Å²) in [6.45, 7) is 3.02. The van der Waals surface area contributed by atoms with Gasteiger partial charge < -0.3 is 10.5 Å². The van der Waals surface area contributed by atoms with Gasteiger partial charge >= 0.3 is 6.36 Å². The first kappa shape index (κ1) is 16.7. The summed E-state index contributed by atoms with van der Waals surface area (Å²) in [7, 11) is -4.15. The first-order chi connectivity index (χ1) is 8.91. The van der Waals surface area contributed by atoms with E-state index in [1.54, 1.807) is 13.8 Å². The average molecular weight is 312 g/mol. The van der Waals surface area contributed by atoms with Gasteiger partial charge in [0.05, 0.1) is 0 Å². The molecule has 9 heteroatoms. The molecule has 5 nitrogen and oxygen atoms in total. The van der Waals surface area contributed by atoms with Gasteiger partial charge in [-0.1, -0.05) is 12.1 Å². The van der Waals surface area contributed by atoms with Gasteiger partial charge in [-0.15, -0.1) is 13.2 Å². The zero-order chi connectivity index (χ0) is 15.6. The van der Waals surface area contributed by atoms with Crippen molar-refractivity contribution in [2.24, 2.45) is 5.73 Å². The summed E-state index contributed by atoms with van der Waals surface area (Å²) in [6.07, 6.45) is -4.97. The van der Waals surface area contributed by atoms with Crippen molar-refractivity contribution >= 4 is 10.0 Å². The maximum atomic E-state index is 12.2. The number of nitrogens with two attached hydrogens (primary N) is 1. The number of para-hydroxylation sites is 1. The van der Waals surface area contributed by atoms with Gasteiger partial charge in [-0.2, -0.15) is 0 Å². The summed E-state index contributed by atoms with van der Waals surface area (Å²) in [5.41, 5.74) is 4.78. The highest BCUT2D eigenvalue weighted by Gasteiger charge is 2.34. The molecule has 0 heterocycles. The molecule has 0 bridgehead atoms. The molecule has 20 heavy (non-hydrogen) atoms. The van der Waals surface area contributed by atoms with Crippen LogP contribution in [0.15, 0.2) is 29.2 Å². The van der Waals surface area contributed by atoms with Crippen molar-refractivity contribution in [3.05, 3.63) is 24.3 Å². The van der Waals surface area contributed by atoms with Gasteiger partial charge in [-0.3, -0.25) is 0 Å². The SMILES string of the molecule is CC(C)(N)CNS(=O)(=O)c1ccccc1OC(F)(F)F. The molecule has 0 fully saturated rings. The number of rotatable bonds is 5. The van der Waals surface area contributed by atoms with Crippen LogP contribution >= 0.6 is 0 Å². The summed E-state index contributed by atoms with van der Waals surface area (Å²) >= 11 is 0. The van der Waals surface area contributed by atoms with Gasteiger partial charge in [0.15, 0.2) is 0 Å². The highest BCUT2D eigenvalue weighted by molar-refractivity contribution is 7.89. The van der Waals surface area contributed by atoms with E-state index < -0.39 is 32.6 Å². The molecule has 0 unspecified atom stereocenters. The number of ether oxygens (including phenoxy) is 1. The van der Waals surface area contributed by atoms with Crippen molar-refractivity contribution < 1.29 is 26.3 Å². The van der Waals surface area contributed by atoms with E-state index in [9.17, 15) is 21.6 Å². The Hall–Kier alpha value is -1.32. The zero-order valence-electron chi connectivity index (χ0n) is 10.9. The Morgan fingerprint density at radius 2 is 1.80 bits per heavy atom. The molecule has 0 aliphatic heterocycles. The third-order valence-electron chi connectivity index (χ3n) is 2.08. The summed E-state index contributed by atoms with van der Waals surface area (Å²) in [5.74, 6) is -0.790. The van der Waals surface area contributed by atoms with Gasteiger partial charge in [-0.25, -0.2) is 13.1 Å². The third-order valence-corrected chi connectivity index (χ3v) is 3.52. The number of sulfonamides is 1. The predicted octanol–water partition coefficient (Wildman–Crippen LogP) is 1.60. The Labute approximate surface area is 115 Å². The molecule has 0 saturated carbocycles. The van der Waals surface area contributed by atoms with E-state index in [1.807, 2.05) is 0 Å². The second-order valence-corrected chi connectivity index (χ2v) is 6.54. The lowest BCUT2D eigenvalue weighted by atomic mass is 10.1. The predicted molar refractivity (Wildman–Crippen MR) is 66.6 cm³/mol. The second kappa shape index (κ2) is 5.58. The standard InChI is InChI=1S/C11H15F3N2O3S/c1-10(2,15)7-16-20(17,18)9-6-4-3-5-8(9)19-11(12,13)14/h3-6,16H,7,15H2,1-2H3. The van der Waals surface area contributed by atoms with Crippen molar-refractivity contribution in [3.63, 3.8) is 0 Å². The van der Waals surface area contributed by atoms with E-state index in [2.05, 4.69) is 9.46 Å². The monoisotopic (exact) mass is 312 g/mol. The smallest absolute Gasteiger partial charge is 0.404 e. The topological polar surface area (TPSA) is 81.4 Å². The van der Waals surface area contributed by atoms with E-state index in [4.69, 9.17) is 5.73 Å². The molecule has 0 aromatic heterocycles. The fraction of sp³-hybridized carbons (Fsp3) is 0.455. The van der Waals surface area contributed by atoms with Crippen LogP contribution in [0, 0.1) is 0 Å². The van der Waals surface area contributed by atoms with Crippen LogP contribution in [0.5, 0.6) is 5.75 Å². The van der Waals surface area contributed by atoms with E-state index in [0.29, 0.717) is 0 Å². The molecule has 0 amide bonds. The molecule has 0 aliphatic rings. The molecular formula is C11H15F3N2O3S. The van der Waals surface area contributed by atoms with E-state index in [1.165, 1.54) is 12.1 Å². The Kier molecular flexibility index (Phi) is 4.67. The molecule has 114 valence electrons. The van der Waals surface area contributed by atoms with Crippen LogP contribution in [0.1, 0.15) is 13.8 Å². The molecule has 0 aliphatic carbocycles. The molecule has 0 spiro atoms. The number of hydrogen-bond acceptors (Lipinski definition) is 4. The molecule has 0 saturated heterocycles. The lowest BCUT2D eigenvalue weighted by molar-refractivity contribution is -0.275. The van der Waals surface area contributed by atoms with Crippen molar-refractivity contribution in [1.82, 2.24) is 4.72 Å². The summed E-state index contributed by atoms with van der Waals surface area (Å²) in [5, 5.41) is 0. The second-order valence-electron chi connectivity index (χ2n) is 4.81. The highest BCUT2D eigenvalue weighted by atomic mass is 32.2. The third kappa shape index (κ3) is 5.35. The highest BCUT2D eigenvalue weighted by Crippen LogP contribution is 2.29. The Morgan fingerprint density at radius 3 is 2.30 bits per heavy atom. The van der Waals surface area contributed by atoms with Crippen LogP contribution in [0.3, 0.4) is 0 Å². The number of alkyl halides is 3. The maximum absolute atomic E-state index is 12.2. The summed E-state index contributed by atoms with van der Waals surface area (Å²) in [6, 6.07) is 4.49. The summed E-state index contributed by atoms with van der Waals surface area (Å²) in [4.78, 5) is -0.596. The Bertz CT molecular complexity index is 565. The van der Waals surface area contributed by atoms with E-state index in [0.717, 1.165) is 12.1 Å². The number of benzene rings is 1. The molecule has 0 atom stereocenters. The number of hydrogen-bond donors (Lipinski definition) is 2. The summed E-state index contributed by atoms with van der Waals surface area (Å²) < 4.78 is 66.5. The minimum atomic E-state index is -4.97. The van der Waals surface area contributed by atoms with Crippen LogP contribution in [0.25, 0.3) is 0 Å². The van der Waals surface area contributed by atoms with Gasteiger partial charge in [0, 0.05) is 12.1 Å². The first-order valence-corrected chi connectivity index (χ1v) is 7.02. The molecule has 1 aromatic rings. The first-order valence-electron chi connectivity index (χ1n) is 5.54. The lowest BCUT2D eigenvalue weighted by Gasteiger charge is -2.20. The van der Waals surface area contributed by atoms with E-state index in [-0.39, 0.29) is 6.54 Å². The van der Waals surface area contributed by atoms with Crippen LogP contribution in [-0.4, -0.2) is 26.9 Å². The average Bonchev–Trinajstić information content (AvgIpc) is 2.24. The molecule has 3 N–H and O–H groups in total. The molecule has 1 rings (SSSR count). The van der Waals surface area contributed by atoms with Crippen LogP contribution in [0.4, 0.5) is 13.2 Å². The van der Waals surface area contributed by atoms with Gasteiger partial charge in [0.25, 0.3) is 0 Å². The zero-order valence-corrected chi connectivity index (χ0v) is 11.7. The fourth-order valence-corrected chi connectivity index (χ4v) is 2.59. The molecular weight excluding hydrogens is 297 g/mol. The Morgan fingerprint density at radius 1 is 1.25 bits per heavy atom. The number of nitrogens with one attached hydrogen (secondary N) is 1. The molecule has 1 aromatic carbocycles. The van der Waals surface area contributed by atoms with Crippen LogP contribution < -0.4 is 15.2 Å². The van der Waals surface area contributed by atoms with Gasteiger partial charge in [-0.05, 0) is 26.0 Å². The largest absolute Gasteiger partial charge is 0.573 e. The van der Waals surface area contributed by atoms with Gasteiger partial charge in [0.2, 0.25) is 10.0 Å². The normalized spacial score (nSPS) is 13.3. The minimum absolute atomic E-state index is 0.129. The van der Waals surface area contributed by atoms with Crippen molar-refractivity contribution in [2.45, 2.75) is 30.6 Å². The van der Waals surface area contributed by atoms with Gasteiger partial charge in [0.1, 0.15) is 10.6 Å². The number of halogens is 3. The Balaban J connectivity index is 3.06.